The van der Waals surface area contributed by atoms with Crippen LogP contribution in [0, 0.1) is 0 Å². The van der Waals surface area contributed by atoms with E-state index in [0.717, 1.165) is 5.56 Å². The molecular weight excluding hydrogens is 272 g/mol. The molecule has 1 amide bonds. The Balaban J connectivity index is 2.18. The summed E-state index contributed by atoms with van der Waals surface area (Å²) < 4.78 is 0. The molecule has 0 bridgehead atoms. The van der Waals surface area contributed by atoms with E-state index >= 15 is 0 Å². The van der Waals surface area contributed by atoms with Crippen LogP contribution in [0.2, 0.25) is 5.02 Å². The quantitative estimate of drug-likeness (QED) is 0.874. The minimum Gasteiger partial charge on any atom is -0.399 e. The lowest BCUT2D eigenvalue weighted by Crippen LogP contribution is -2.30. The van der Waals surface area contributed by atoms with Crippen molar-refractivity contribution in [1.29, 1.82) is 0 Å². The maximum Gasteiger partial charge on any atom is 0.254 e. The highest BCUT2D eigenvalue weighted by molar-refractivity contribution is 6.31. The van der Waals surface area contributed by atoms with Crippen molar-refractivity contribution in [1.82, 2.24) is 4.90 Å². The highest BCUT2D eigenvalue weighted by Crippen LogP contribution is 2.18. The minimum absolute atomic E-state index is 0.0209. The van der Waals surface area contributed by atoms with Gasteiger partial charge < -0.3 is 10.6 Å². The zero-order valence-corrected chi connectivity index (χ0v) is 12.1. The van der Waals surface area contributed by atoms with Crippen molar-refractivity contribution in [3.63, 3.8) is 0 Å². The predicted molar refractivity (Wildman–Crippen MR) is 82.7 cm³/mol. The smallest absolute Gasteiger partial charge is 0.254 e. The number of halogens is 1. The molecule has 0 fully saturated rings. The van der Waals surface area contributed by atoms with Gasteiger partial charge in [0.15, 0.2) is 0 Å². The summed E-state index contributed by atoms with van der Waals surface area (Å²) in [6, 6.07) is 14.5. The fraction of sp³-hybridized carbons (Fsp3) is 0.188. The van der Waals surface area contributed by atoms with Gasteiger partial charge in [-0.1, -0.05) is 29.8 Å². The number of anilines is 1. The molecule has 104 valence electrons. The largest absolute Gasteiger partial charge is 0.399 e. The summed E-state index contributed by atoms with van der Waals surface area (Å²) in [4.78, 5) is 14.2. The van der Waals surface area contributed by atoms with Crippen LogP contribution in [-0.4, -0.2) is 17.4 Å². The normalized spacial score (nSPS) is 10.3. The van der Waals surface area contributed by atoms with Crippen LogP contribution in [0.4, 0.5) is 5.69 Å². The number of nitrogens with zero attached hydrogens (tertiary/aromatic N) is 1. The average Bonchev–Trinajstić information content (AvgIpc) is 2.46. The lowest BCUT2D eigenvalue weighted by molar-refractivity contribution is 0.0752. The Labute approximate surface area is 124 Å². The number of hydrogen-bond donors (Lipinski definition) is 1. The lowest BCUT2D eigenvalue weighted by Gasteiger charge is -2.21. The van der Waals surface area contributed by atoms with Crippen LogP contribution in [0.25, 0.3) is 0 Å². The summed E-state index contributed by atoms with van der Waals surface area (Å²) in [7, 11) is 0. The molecule has 0 saturated carbocycles. The highest BCUT2D eigenvalue weighted by atomic mass is 35.5. The van der Waals surface area contributed by atoms with Gasteiger partial charge in [-0.25, -0.2) is 0 Å². The van der Waals surface area contributed by atoms with E-state index in [1.165, 1.54) is 0 Å². The van der Waals surface area contributed by atoms with Gasteiger partial charge in [-0.15, -0.1) is 0 Å². The Morgan fingerprint density at radius 3 is 2.40 bits per heavy atom. The first kappa shape index (κ1) is 14.4. The van der Waals surface area contributed by atoms with Gasteiger partial charge in [-0.3, -0.25) is 4.79 Å². The molecule has 3 nitrogen and oxygen atoms in total. The number of carbonyl (C=O) groups excluding carboxylic acids is 1. The Morgan fingerprint density at radius 2 is 1.80 bits per heavy atom. The summed E-state index contributed by atoms with van der Waals surface area (Å²) in [6.07, 6.45) is 0. The molecule has 0 aliphatic carbocycles. The first-order valence-electron chi connectivity index (χ1n) is 6.50. The first-order valence-corrected chi connectivity index (χ1v) is 6.88. The second-order valence-corrected chi connectivity index (χ2v) is 4.94. The van der Waals surface area contributed by atoms with Crippen LogP contribution in [0.1, 0.15) is 22.8 Å². The molecule has 0 aliphatic rings. The van der Waals surface area contributed by atoms with Gasteiger partial charge >= 0.3 is 0 Å². The third-order valence-electron chi connectivity index (χ3n) is 3.15. The Hall–Kier alpha value is -2.00. The van der Waals surface area contributed by atoms with Crippen molar-refractivity contribution in [3.05, 3.63) is 64.7 Å². The topological polar surface area (TPSA) is 46.3 Å². The average molecular weight is 289 g/mol. The van der Waals surface area contributed by atoms with E-state index in [0.29, 0.717) is 29.4 Å². The molecule has 2 N–H and O–H groups in total. The molecule has 2 rings (SSSR count). The van der Waals surface area contributed by atoms with Gasteiger partial charge in [0.25, 0.3) is 5.91 Å². The molecular formula is C16H17ClN2O. The number of carbonyl (C=O) groups is 1. The van der Waals surface area contributed by atoms with E-state index in [-0.39, 0.29) is 5.91 Å². The summed E-state index contributed by atoms with van der Waals surface area (Å²) in [5, 5.41) is 0.677. The SMILES string of the molecule is CCN(Cc1ccccc1Cl)C(=O)c1ccc(N)cc1. The zero-order valence-electron chi connectivity index (χ0n) is 11.3. The molecule has 0 aromatic heterocycles. The van der Waals surface area contributed by atoms with Crippen LogP contribution < -0.4 is 5.73 Å². The van der Waals surface area contributed by atoms with Crippen LogP contribution in [0.5, 0.6) is 0 Å². The van der Waals surface area contributed by atoms with E-state index in [4.69, 9.17) is 17.3 Å². The lowest BCUT2D eigenvalue weighted by atomic mass is 10.1. The third kappa shape index (κ3) is 3.31. The van der Waals surface area contributed by atoms with E-state index in [9.17, 15) is 4.79 Å². The van der Waals surface area contributed by atoms with Gasteiger partial charge in [0.1, 0.15) is 0 Å². The Bertz CT molecular complexity index is 596. The van der Waals surface area contributed by atoms with Crippen molar-refractivity contribution >= 4 is 23.2 Å². The fourth-order valence-corrected chi connectivity index (χ4v) is 2.16. The second-order valence-electron chi connectivity index (χ2n) is 4.53. The monoisotopic (exact) mass is 288 g/mol. The first-order chi connectivity index (χ1) is 9.61. The van der Waals surface area contributed by atoms with Crippen LogP contribution in [-0.2, 0) is 6.54 Å². The van der Waals surface area contributed by atoms with E-state index in [2.05, 4.69) is 0 Å². The Kier molecular flexibility index (Phi) is 4.64. The van der Waals surface area contributed by atoms with E-state index < -0.39 is 0 Å². The molecule has 0 unspecified atom stereocenters. The van der Waals surface area contributed by atoms with Gasteiger partial charge in [-0.05, 0) is 42.8 Å². The maximum absolute atomic E-state index is 12.4. The van der Waals surface area contributed by atoms with Crippen LogP contribution in [0.3, 0.4) is 0 Å². The summed E-state index contributed by atoms with van der Waals surface area (Å²) in [5.41, 5.74) is 7.86. The van der Waals surface area contributed by atoms with Crippen LogP contribution >= 0.6 is 11.6 Å². The van der Waals surface area contributed by atoms with E-state index in [1.54, 1.807) is 29.2 Å². The van der Waals surface area contributed by atoms with E-state index in [1.807, 2.05) is 31.2 Å². The number of amides is 1. The molecule has 20 heavy (non-hydrogen) atoms. The molecule has 0 heterocycles. The molecule has 0 atom stereocenters. The van der Waals surface area contributed by atoms with Gasteiger partial charge in [0.2, 0.25) is 0 Å². The summed E-state index contributed by atoms with van der Waals surface area (Å²) >= 11 is 6.14. The van der Waals surface area contributed by atoms with Crippen molar-refractivity contribution < 1.29 is 4.79 Å². The molecule has 4 heteroatoms. The molecule has 2 aromatic rings. The van der Waals surface area contributed by atoms with Crippen molar-refractivity contribution in [2.24, 2.45) is 0 Å². The van der Waals surface area contributed by atoms with Gasteiger partial charge in [0.05, 0.1) is 0 Å². The molecule has 0 radical (unpaired) electrons. The number of benzene rings is 2. The van der Waals surface area contributed by atoms with Gasteiger partial charge in [0, 0.05) is 29.4 Å². The predicted octanol–water partition coefficient (Wildman–Crippen LogP) is 3.58. The fourth-order valence-electron chi connectivity index (χ4n) is 1.97. The Morgan fingerprint density at radius 1 is 1.15 bits per heavy atom. The van der Waals surface area contributed by atoms with Gasteiger partial charge in [-0.2, -0.15) is 0 Å². The number of nitrogen functional groups attached to an aromatic ring is 1. The van der Waals surface area contributed by atoms with Crippen LogP contribution in [0.15, 0.2) is 48.5 Å². The third-order valence-corrected chi connectivity index (χ3v) is 3.51. The highest BCUT2D eigenvalue weighted by Gasteiger charge is 2.15. The maximum atomic E-state index is 12.4. The number of nitrogens with two attached hydrogens (primary N) is 1. The minimum atomic E-state index is -0.0209. The van der Waals surface area contributed by atoms with Crippen molar-refractivity contribution in [2.75, 3.05) is 12.3 Å². The second kappa shape index (κ2) is 6.44. The molecule has 2 aromatic carbocycles. The number of hydrogen-bond acceptors (Lipinski definition) is 2. The summed E-state index contributed by atoms with van der Waals surface area (Å²) in [6.45, 7) is 3.07. The summed E-state index contributed by atoms with van der Waals surface area (Å²) in [5.74, 6) is -0.0209. The van der Waals surface area contributed by atoms with Crippen molar-refractivity contribution in [2.45, 2.75) is 13.5 Å². The number of rotatable bonds is 4. The molecule has 0 saturated heterocycles. The zero-order chi connectivity index (χ0) is 14.5. The molecule has 0 spiro atoms. The standard InChI is InChI=1S/C16H17ClN2O/c1-2-19(11-13-5-3-4-6-15(13)17)16(20)12-7-9-14(18)10-8-12/h3-10H,2,11,18H2,1H3. The van der Waals surface area contributed by atoms with Crippen molar-refractivity contribution in [3.8, 4) is 0 Å². The molecule has 0 aliphatic heterocycles.